The summed E-state index contributed by atoms with van der Waals surface area (Å²) >= 11 is 0. The summed E-state index contributed by atoms with van der Waals surface area (Å²) in [4.78, 5) is 7.77. The van der Waals surface area contributed by atoms with Gasteiger partial charge in [0.1, 0.15) is 5.82 Å². The fourth-order valence-corrected chi connectivity index (χ4v) is 1.87. The Morgan fingerprint density at radius 2 is 1.88 bits per heavy atom. The second-order valence-corrected chi connectivity index (χ2v) is 4.21. The first kappa shape index (κ1) is 11.9. The molecule has 0 bridgehead atoms. The first-order chi connectivity index (χ1) is 8.40. The fourth-order valence-electron chi connectivity index (χ4n) is 1.87. The van der Waals surface area contributed by atoms with E-state index >= 15 is 0 Å². The third-order valence-corrected chi connectivity index (χ3v) is 2.83. The predicted octanol–water partition coefficient (Wildman–Crippen LogP) is 2.75. The molecule has 3 heteroatoms. The average Bonchev–Trinajstić information content (AvgIpc) is 2.85. The van der Waals surface area contributed by atoms with Crippen LogP contribution in [0.4, 0.5) is 0 Å². The van der Waals surface area contributed by atoms with E-state index in [2.05, 4.69) is 22.1 Å². The van der Waals surface area contributed by atoms with Gasteiger partial charge in [-0.05, 0) is 24.9 Å². The molecular formula is C14H19N3. The molecule has 0 saturated carbocycles. The number of nitrogens with two attached hydrogens (primary N) is 1. The molecule has 0 unspecified atom stereocenters. The highest BCUT2D eigenvalue weighted by Gasteiger charge is 2.02. The van der Waals surface area contributed by atoms with E-state index in [1.807, 2.05) is 24.4 Å². The number of aryl methyl sites for hydroxylation is 1. The summed E-state index contributed by atoms with van der Waals surface area (Å²) in [5.74, 6) is 1.07. The molecule has 0 aliphatic carbocycles. The molecule has 90 valence electrons. The summed E-state index contributed by atoms with van der Waals surface area (Å²) in [6.45, 7) is 0.785. The molecule has 1 heterocycles. The van der Waals surface area contributed by atoms with Crippen molar-refractivity contribution in [3.05, 3.63) is 42.4 Å². The summed E-state index contributed by atoms with van der Waals surface area (Å²) in [7, 11) is 0. The second-order valence-electron chi connectivity index (χ2n) is 4.21. The highest BCUT2D eigenvalue weighted by atomic mass is 14.9. The third-order valence-electron chi connectivity index (χ3n) is 2.83. The standard InChI is InChI=1S/C14H19N3/c15-10-6-2-5-9-14-16-11-13(17-14)12-7-3-1-4-8-12/h1,3-4,7-8,11H,2,5-6,9-10,15H2,(H,16,17). The van der Waals surface area contributed by atoms with Gasteiger partial charge in [0, 0.05) is 6.42 Å². The second kappa shape index (κ2) is 6.21. The quantitative estimate of drug-likeness (QED) is 0.748. The Labute approximate surface area is 102 Å². The van der Waals surface area contributed by atoms with Crippen molar-refractivity contribution >= 4 is 0 Å². The zero-order valence-corrected chi connectivity index (χ0v) is 10.0. The molecule has 0 amide bonds. The summed E-state index contributed by atoms with van der Waals surface area (Å²) < 4.78 is 0. The van der Waals surface area contributed by atoms with Crippen LogP contribution in [0.15, 0.2) is 36.5 Å². The normalized spacial score (nSPS) is 10.6. The number of unbranched alkanes of at least 4 members (excludes halogenated alkanes) is 2. The maximum atomic E-state index is 5.46. The van der Waals surface area contributed by atoms with Crippen molar-refractivity contribution in [2.75, 3.05) is 6.54 Å². The van der Waals surface area contributed by atoms with Gasteiger partial charge in [0.25, 0.3) is 0 Å². The predicted molar refractivity (Wildman–Crippen MR) is 70.6 cm³/mol. The van der Waals surface area contributed by atoms with E-state index < -0.39 is 0 Å². The average molecular weight is 229 g/mol. The molecule has 2 aromatic rings. The molecule has 1 aromatic heterocycles. The van der Waals surface area contributed by atoms with E-state index in [9.17, 15) is 0 Å². The van der Waals surface area contributed by atoms with E-state index in [0.29, 0.717) is 0 Å². The van der Waals surface area contributed by atoms with Crippen LogP contribution in [0, 0.1) is 0 Å². The molecule has 0 aliphatic rings. The van der Waals surface area contributed by atoms with Gasteiger partial charge in [0.05, 0.1) is 11.9 Å². The first-order valence-electron chi connectivity index (χ1n) is 6.19. The van der Waals surface area contributed by atoms with Crippen molar-refractivity contribution in [1.82, 2.24) is 9.97 Å². The lowest BCUT2D eigenvalue weighted by Crippen LogP contribution is -1.98. The zero-order chi connectivity index (χ0) is 11.9. The summed E-state index contributed by atoms with van der Waals surface area (Å²) in [5.41, 5.74) is 7.75. The zero-order valence-electron chi connectivity index (χ0n) is 10.0. The maximum Gasteiger partial charge on any atom is 0.106 e. The van der Waals surface area contributed by atoms with Gasteiger partial charge in [0.2, 0.25) is 0 Å². The van der Waals surface area contributed by atoms with Gasteiger partial charge in [0.15, 0.2) is 0 Å². The van der Waals surface area contributed by atoms with Crippen LogP contribution >= 0.6 is 0 Å². The lowest BCUT2D eigenvalue weighted by molar-refractivity contribution is 0.673. The Bertz CT molecular complexity index is 434. The van der Waals surface area contributed by atoms with E-state index in [-0.39, 0.29) is 0 Å². The summed E-state index contributed by atoms with van der Waals surface area (Å²) in [6.07, 6.45) is 6.35. The van der Waals surface area contributed by atoms with Gasteiger partial charge in [-0.1, -0.05) is 36.8 Å². The van der Waals surface area contributed by atoms with Crippen molar-refractivity contribution in [2.24, 2.45) is 5.73 Å². The van der Waals surface area contributed by atoms with Gasteiger partial charge in [-0.25, -0.2) is 4.98 Å². The molecule has 0 radical (unpaired) electrons. The van der Waals surface area contributed by atoms with Crippen molar-refractivity contribution in [3.8, 4) is 11.3 Å². The number of nitrogens with one attached hydrogen (secondary N) is 1. The van der Waals surface area contributed by atoms with Gasteiger partial charge in [-0.2, -0.15) is 0 Å². The molecule has 3 nitrogen and oxygen atoms in total. The number of aromatic amines is 1. The van der Waals surface area contributed by atoms with Crippen molar-refractivity contribution < 1.29 is 0 Å². The number of rotatable bonds is 6. The van der Waals surface area contributed by atoms with Crippen LogP contribution < -0.4 is 5.73 Å². The summed E-state index contributed by atoms with van der Waals surface area (Å²) in [5, 5.41) is 0. The number of H-pyrrole nitrogens is 1. The minimum atomic E-state index is 0.785. The molecule has 1 aromatic carbocycles. The fraction of sp³-hybridized carbons (Fsp3) is 0.357. The van der Waals surface area contributed by atoms with Gasteiger partial charge >= 0.3 is 0 Å². The van der Waals surface area contributed by atoms with Crippen LogP contribution in [0.25, 0.3) is 11.3 Å². The maximum absolute atomic E-state index is 5.46. The van der Waals surface area contributed by atoms with Crippen LogP contribution in [-0.2, 0) is 6.42 Å². The third kappa shape index (κ3) is 3.43. The van der Waals surface area contributed by atoms with Gasteiger partial charge in [-0.15, -0.1) is 0 Å². The number of hydrogen-bond donors (Lipinski definition) is 2. The largest absolute Gasteiger partial charge is 0.342 e. The number of aromatic nitrogens is 2. The van der Waals surface area contributed by atoms with Crippen molar-refractivity contribution in [3.63, 3.8) is 0 Å². The van der Waals surface area contributed by atoms with Crippen molar-refractivity contribution in [1.29, 1.82) is 0 Å². The van der Waals surface area contributed by atoms with Crippen LogP contribution in [0.5, 0.6) is 0 Å². The minimum Gasteiger partial charge on any atom is -0.342 e. The van der Waals surface area contributed by atoms with Gasteiger partial charge < -0.3 is 10.7 Å². The molecule has 3 N–H and O–H groups in total. The molecule has 0 saturated heterocycles. The molecule has 2 rings (SSSR count). The molecule has 0 fully saturated rings. The van der Waals surface area contributed by atoms with Crippen LogP contribution in [0.1, 0.15) is 25.1 Å². The first-order valence-corrected chi connectivity index (χ1v) is 6.19. The number of imidazole rings is 1. The molecule has 0 aliphatic heterocycles. The van der Waals surface area contributed by atoms with Crippen molar-refractivity contribution in [2.45, 2.75) is 25.7 Å². The van der Waals surface area contributed by atoms with Crippen LogP contribution in [0.2, 0.25) is 0 Å². The lowest BCUT2D eigenvalue weighted by atomic mass is 10.2. The highest BCUT2D eigenvalue weighted by Crippen LogP contribution is 2.16. The van der Waals surface area contributed by atoms with E-state index in [1.54, 1.807) is 0 Å². The Kier molecular flexibility index (Phi) is 4.33. The SMILES string of the molecule is NCCCCCc1ncc(-c2ccccc2)[nH]1. The molecular weight excluding hydrogens is 210 g/mol. The highest BCUT2D eigenvalue weighted by molar-refractivity contribution is 5.57. The molecule has 0 spiro atoms. The molecule has 0 atom stereocenters. The monoisotopic (exact) mass is 229 g/mol. The Balaban J connectivity index is 1.92. The minimum absolute atomic E-state index is 0.785. The van der Waals surface area contributed by atoms with Gasteiger partial charge in [-0.3, -0.25) is 0 Å². The smallest absolute Gasteiger partial charge is 0.106 e. The molecule has 17 heavy (non-hydrogen) atoms. The van der Waals surface area contributed by atoms with Crippen LogP contribution in [0.3, 0.4) is 0 Å². The Hall–Kier alpha value is -1.61. The summed E-state index contributed by atoms with van der Waals surface area (Å²) in [6, 6.07) is 10.3. The number of nitrogens with zero attached hydrogens (tertiary/aromatic N) is 1. The Morgan fingerprint density at radius 3 is 2.65 bits per heavy atom. The number of hydrogen-bond acceptors (Lipinski definition) is 2. The Morgan fingerprint density at radius 1 is 1.06 bits per heavy atom. The van der Waals surface area contributed by atoms with E-state index in [1.165, 1.54) is 12.0 Å². The number of benzene rings is 1. The lowest BCUT2D eigenvalue weighted by Gasteiger charge is -1.98. The van der Waals surface area contributed by atoms with E-state index in [0.717, 1.165) is 37.3 Å². The van der Waals surface area contributed by atoms with E-state index in [4.69, 9.17) is 5.73 Å². The van der Waals surface area contributed by atoms with Crippen LogP contribution in [-0.4, -0.2) is 16.5 Å². The topological polar surface area (TPSA) is 54.7 Å².